The van der Waals surface area contributed by atoms with Crippen molar-refractivity contribution in [3.63, 3.8) is 0 Å². The summed E-state index contributed by atoms with van der Waals surface area (Å²) in [5, 5.41) is 5.76. The van der Waals surface area contributed by atoms with Crippen molar-refractivity contribution in [1.82, 2.24) is 0 Å². The van der Waals surface area contributed by atoms with Gasteiger partial charge in [-0.15, -0.1) is 0 Å². The second-order valence-electron chi connectivity index (χ2n) is 5.48. The van der Waals surface area contributed by atoms with Crippen LogP contribution in [0.1, 0.15) is 0 Å². The number of amides is 2. The number of hydrogen-bond donors (Lipinski definition) is 3. The van der Waals surface area contributed by atoms with Crippen LogP contribution in [-0.2, 0) is 9.59 Å². The van der Waals surface area contributed by atoms with Crippen molar-refractivity contribution in [3.8, 4) is 0 Å². The minimum atomic E-state index is -0.514. The molecule has 5 nitrogen and oxygen atoms in total. The minimum absolute atomic E-state index is 0.00198. The SMILES string of the molecule is C[NH+](CC(=O)Nc1ccccc1F)CC(=O)Nc1c(Cl)cccc1Cl. The van der Waals surface area contributed by atoms with E-state index >= 15 is 0 Å². The molecule has 0 aliphatic carbocycles. The first-order valence-electron chi connectivity index (χ1n) is 7.46. The first kappa shape index (κ1) is 19.2. The average Bonchev–Trinajstić information content (AvgIpc) is 2.53. The highest BCUT2D eigenvalue weighted by Crippen LogP contribution is 2.29. The molecular weight excluding hydrogens is 368 g/mol. The van der Waals surface area contributed by atoms with Crippen molar-refractivity contribution in [2.45, 2.75) is 0 Å². The van der Waals surface area contributed by atoms with Gasteiger partial charge in [0, 0.05) is 0 Å². The van der Waals surface area contributed by atoms with E-state index in [0.29, 0.717) is 20.6 Å². The lowest BCUT2D eigenvalue weighted by Gasteiger charge is -2.15. The molecular formula is C17H17Cl2FN3O2+. The molecule has 0 aliphatic heterocycles. The highest BCUT2D eigenvalue weighted by atomic mass is 35.5. The normalized spacial score (nSPS) is 11.7. The largest absolute Gasteiger partial charge is 0.322 e. The van der Waals surface area contributed by atoms with Gasteiger partial charge in [-0.1, -0.05) is 41.4 Å². The lowest BCUT2D eigenvalue weighted by Crippen LogP contribution is -3.11. The zero-order valence-corrected chi connectivity index (χ0v) is 14.9. The van der Waals surface area contributed by atoms with Crippen LogP contribution < -0.4 is 15.5 Å². The van der Waals surface area contributed by atoms with Gasteiger partial charge in [0.25, 0.3) is 11.8 Å². The number of likely N-dealkylation sites (N-methyl/N-ethyl adjacent to an activating group) is 1. The van der Waals surface area contributed by atoms with Crippen LogP contribution in [0.4, 0.5) is 15.8 Å². The first-order valence-corrected chi connectivity index (χ1v) is 8.22. The van der Waals surface area contributed by atoms with Crippen LogP contribution in [0.3, 0.4) is 0 Å². The summed E-state index contributed by atoms with van der Waals surface area (Å²) in [6, 6.07) is 10.8. The number of quaternary nitrogens is 1. The number of carbonyl (C=O) groups is 2. The average molecular weight is 385 g/mol. The van der Waals surface area contributed by atoms with E-state index in [0.717, 1.165) is 0 Å². The standard InChI is InChI=1S/C17H16Cl2FN3O2/c1-23(9-15(24)21-14-8-3-2-7-13(14)20)10-16(25)22-17-11(18)5-4-6-12(17)19/h2-8H,9-10H2,1H3,(H,21,24)(H,22,25)/p+1. The third-order valence-electron chi connectivity index (χ3n) is 3.30. The molecule has 3 N–H and O–H groups in total. The lowest BCUT2D eigenvalue weighted by atomic mass is 10.3. The smallest absolute Gasteiger partial charge is 0.279 e. The zero-order chi connectivity index (χ0) is 18.4. The molecule has 1 atom stereocenters. The van der Waals surface area contributed by atoms with E-state index in [4.69, 9.17) is 23.2 Å². The molecule has 2 aromatic carbocycles. The van der Waals surface area contributed by atoms with E-state index < -0.39 is 11.7 Å². The second-order valence-corrected chi connectivity index (χ2v) is 6.30. The van der Waals surface area contributed by atoms with Crippen molar-refractivity contribution in [3.05, 3.63) is 58.3 Å². The molecule has 0 saturated carbocycles. The Bertz CT molecular complexity index is 766. The van der Waals surface area contributed by atoms with E-state index in [-0.39, 0.29) is 24.7 Å². The molecule has 0 radical (unpaired) electrons. The summed E-state index contributed by atoms with van der Waals surface area (Å²) < 4.78 is 13.5. The lowest BCUT2D eigenvalue weighted by molar-refractivity contribution is -0.862. The number of nitrogens with one attached hydrogen (secondary N) is 3. The molecule has 0 saturated heterocycles. The molecule has 0 spiro atoms. The Balaban J connectivity index is 1.87. The van der Waals surface area contributed by atoms with Gasteiger partial charge in [-0.3, -0.25) is 9.59 Å². The van der Waals surface area contributed by atoms with Crippen LogP contribution >= 0.6 is 23.2 Å². The van der Waals surface area contributed by atoms with Crippen LogP contribution in [0, 0.1) is 5.82 Å². The predicted octanol–water partition coefficient (Wildman–Crippen LogP) is 2.22. The Hall–Kier alpha value is -2.15. The van der Waals surface area contributed by atoms with Crippen LogP contribution in [0.2, 0.25) is 10.0 Å². The van der Waals surface area contributed by atoms with E-state index in [1.165, 1.54) is 18.2 Å². The first-order chi connectivity index (χ1) is 11.9. The monoisotopic (exact) mass is 384 g/mol. The highest BCUT2D eigenvalue weighted by Gasteiger charge is 2.17. The summed E-state index contributed by atoms with van der Waals surface area (Å²) in [7, 11) is 1.68. The second kappa shape index (κ2) is 8.80. The van der Waals surface area contributed by atoms with Gasteiger partial charge in [0.2, 0.25) is 0 Å². The number of para-hydroxylation sites is 2. The van der Waals surface area contributed by atoms with Gasteiger partial charge in [0.05, 0.1) is 28.5 Å². The van der Waals surface area contributed by atoms with Gasteiger partial charge in [-0.05, 0) is 24.3 Å². The maximum Gasteiger partial charge on any atom is 0.279 e. The molecule has 1 unspecified atom stereocenters. The number of benzene rings is 2. The maximum atomic E-state index is 13.5. The summed E-state index contributed by atoms with van der Waals surface area (Å²) >= 11 is 12.0. The van der Waals surface area contributed by atoms with Crippen LogP contribution in [0.5, 0.6) is 0 Å². The molecule has 2 rings (SSSR count). The van der Waals surface area contributed by atoms with E-state index in [9.17, 15) is 14.0 Å². The predicted molar refractivity (Wildman–Crippen MR) is 96.7 cm³/mol. The van der Waals surface area contributed by atoms with Crippen molar-refractivity contribution in [2.75, 3.05) is 30.8 Å². The minimum Gasteiger partial charge on any atom is -0.322 e. The Morgan fingerprint density at radius 3 is 2.12 bits per heavy atom. The van der Waals surface area contributed by atoms with Gasteiger partial charge in [-0.2, -0.15) is 0 Å². The van der Waals surface area contributed by atoms with E-state index in [2.05, 4.69) is 10.6 Å². The molecule has 25 heavy (non-hydrogen) atoms. The highest BCUT2D eigenvalue weighted by molar-refractivity contribution is 6.39. The summed E-state index contributed by atoms with van der Waals surface area (Å²) in [5.41, 5.74) is 0.437. The van der Waals surface area contributed by atoms with Crippen molar-refractivity contribution < 1.29 is 18.9 Å². The number of hydrogen-bond acceptors (Lipinski definition) is 2. The summed E-state index contributed by atoms with van der Waals surface area (Å²) in [4.78, 5) is 24.7. The Morgan fingerprint density at radius 1 is 0.960 bits per heavy atom. The molecule has 0 heterocycles. The third-order valence-corrected chi connectivity index (χ3v) is 3.93. The van der Waals surface area contributed by atoms with Crippen molar-refractivity contribution in [1.29, 1.82) is 0 Å². The van der Waals surface area contributed by atoms with Gasteiger partial charge in [0.1, 0.15) is 5.82 Å². The molecule has 2 aromatic rings. The summed E-state index contributed by atoms with van der Waals surface area (Å²) in [6.07, 6.45) is 0. The topological polar surface area (TPSA) is 62.6 Å². The van der Waals surface area contributed by atoms with E-state index in [1.54, 1.807) is 31.3 Å². The molecule has 0 aromatic heterocycles. The molecule has 0 fully saturated rings. The molecule has 2 amide bonds. The molecule has 8 heteroatoms. The van der Waals surface area contributed by atoms with Gasteiger partial charge >= 0.3 is 0 Å². The fourth-order valence-corrected chi connectivity index (χ4v) is 2.66. The fourth-order valence-electron chi connectivity index (χ4n) is 2.17. The molecule has 0 bridgehead atoms. The van der Waals surface area contributed by atoms with Crippen molar-refractivity contribution in [2.24, 2.45) is 0 Å². The van der Waals surface area contributed by atoms with Crippen LogP contribution in [0.25, 0.3) is 0 Å². The Kier molecular flexibility index (Phi) is 6.75. The Labute approximate surface area is 154 Å². The zero-order valence-electron chi connectivity index (χ0n) is 13.4. The number of rotatable bonds is 6. The Morgan fingerprint density at radius 2 is 1.52 bits per heavy atom. The van der Waals surface area contributed by atoms with Gasteiger partial charge in [-0.25, -0.2) is 4.39 Å². The summed E-state index contributed by atoms with van der Waals surface area (Å²) in [6.45, 7) is 0.0181. The summed E-state index contributed by atoms with van der Waals surface area (Å²) in [5.74, 6) is -1.25. The third kappa shape index (κ3) is 5.70. The maximum absolute atomic E-state index is 13.5. The van der Waals surface area contributed by atoms with Gasteiger partial charge in [0.15, 0.2) is 13.1 Å². The quantitative estimate of drug-likeness (QED) is 0.714. The fraction of sp³-hybridized carbons (Fsp3) is 0.176. The molecule has 132 valence electrons. The van der Waals surface area contributed by atoms with E-state index in [1.807, 2.05) is 0 Å². The van der Waals surface area contributed by atoms with Crippen LogP contribution in [-0.4, -0.2) is 32.0 Å². The number of halogens is 3. The number of anilines is 2. The van der Waals surface area contributed by atoms with Crippen LogP contribution in [0.15, 0.2) is 42.5 Å². The van der Waals surface area contributed by atoms with Gasteiger partial charge < -0.3 is 15.5 Å². The number of carbonyl (C=O) groups excluding carboxylic acids is 2. The molecule has 0 aliphatic rings. The van der Waals surface area contributed by atoms with Crippen molar-refractivity contribution >= 4 is 46.4 Å².